The van der Waals surface area contributed by atoms with Gasteiger partial charge < -0.3 is 9.90 Å². The van der Waals surface area contributed by atoms with E-state index < -0.39 is 5.60 Å². The van der Waals surface area contributed by atoms with Crippen LogP contribution in [0, 0.1) is 0 Å². The summed E-state index contributed by atoms with van der Waals surface area (Å²) in [5, 5.41) is 10.3. The van der Waals surface area contributed by atoms with Crippen molar-refractivity contribution in [2.75, 3.05) is 0 Å². The first-order valence-electron chi connectivity index (χ1n) is 4.29. The molecular formula is C10H12ClNO2. The quantitative estimate of drug-likeness (QED) is 0.774. The Hall–Kier alpha value is -0.930. The Morgan fingerprint density at radius 1 is 1.71 bits per heavy atom. The third-order valence-electron chi connectivity index (χ3n) is 1.95. The normalized spacial score (nSPS) is 14.8. The van der Waals surface area contributed by atoms with E-state index in [0.29, 0.717) is 17.7 Å². The molecule has 0 aromatic carbocycles. The molecule has 0 saturated carbocycles. The maximum Gasteiger partial charge on any atom is 0.122 e. The predicted octanol–water partition coefficient (Wildman–Crippen LogP) is 1.62. The first-order chi connectivity index (χ1) is 6.55. The molecule has 1 N–H and O–H groups in total. The van der Waals surface area contributed by atoms with Crippen LogP contribution in [0.5, 0.6) is 0 Å². The molecule has 4 heteroatoms. The Balaban J connectivity index is 2.78. The topological polar surface area (TPSA) is 50.2 Å². The second-order valence-electron chi connectivity index (χ2n) is 3.51. The van der Waals surface area contributed by atoms with Crippen LogP contribution in [0.4, 0.5) is 0 Å². The van der Waals surface area contributed by atoms with Crippen LogP contribution in [0.25, 0.3) is 0 Å². The number of carbonyl (C=O) groups excluding carboxylic acids is 1. The SMILES string of the molecule is CC(O)(CC=O)Cc1ccncc1Cl. The molecule has 14 heavy (non-hydrogen) atoms. The fourth-order valence-corrected chi connectivity index (χ4v) is 1.40. The van der Waals surface area contributed by atoms with Crippen molar-refractivity contribution in [3.8, 4) is 0 Å². The number of aliphatic hydroxyl groups is 1. The molecule has 0 saturated heterocycles. The molecule has 0 spiro atoms. The van der Waals surface area contributed by atoms with Crippen molar-refractivity contribution in [2.24, 2.45) is 0 Å². The number of hydrogen-bond acceptors (Lipinski definition) is 3. The number of carbonyl (C=O) groups is 1. The van der Waals surface area contributed by atoms with Crippen LogP contribution in [0.3, 0.4) is 0 Å². The summed E-state index contributed by atoms with van der Waals surface area (Å²) in [5.74, 6) is 0. The third-order valence-corrected chi connectivity index (χ3v) is 2.29. The van der Waals surface area contributed by atoms with Gasteiger partial charge in [0.2, 0.25) is 0 Å². The number of aromatic nitrogens is 1. The van der Waals surface area contributed by atoms with E-state index in [1.807, 2.05) is 0 Å². The van der Waals surface area contributed by atoms with Crippen molar-refractivity contribution >= 4 is 17.9 Å². The van der Waals surface area contributed by atoms with Gasteiger partial charge >= 0.3 is 0 Å². The van der Waals surface area contributed by atoms with Gasteiger partial charge in [0.15, 0.2) is 0 Å². The second kappa shape index (κ2) is 4.53. The highest BCUT2D eigenvalue weighted by Gasteiger charge is 2.21. The van der Waals surface area contributed by atoms with Gasteiger partial charge in [-0.1, -0.05) is 11.6 Å². The molecule has 0 amide bonds. The summed E-state index contributed by atoms with van der Waals surface area (Å²) in [5.41, 5.74) is -0.235. The summed E-state index contributed by atoms with van der Waals surface area (Å²) >= 11 is 5.87. The van der Waals surface area contributed by atoms with E-state index in [0.717, 1.165) is 5.56 Å². The van der Waals surface area contributed by atoms with Gasteiger partial charge in [0.1, 0.15) is 6.29 Å². The Labute approximate surface area is 87.7 Å². The van der Waals surface area contributed by atoms with Crippen molar-refractivity contribution in [3.63, 3.8) is 0 Å². The van der Waals surface area contributed by atoms with E-state index in [9.17, 15) is 9.90 Å². The predicted molar refractivity (Wildman–Crippen MR) is 54.3 cm³/mol. The van der Waals surface area contributed by atoms with Crippen LogP contribution in [-0.2, 0) is 11.2 Å². The molecule has 0 bridgehead atoms. The number of pyridine rings is 1. The number of rotatable bonds is 4. The van der Waals surface area contributed by atoms with E-state index in [4.69, 9.17) is 11.6 Å². The maximum atomic E-state index is 10.3. The van der Waals surface area contributed by atoms with Gasteiger partial charge in [-0.25, -0.2) is 0 Å². The highest BCUT2D eigenvalue weighted by Crippen LogP contribution is 2.21. The van der Waals surface area contributed by atoms with Gasteiger partial charge in [-0.05, 0) is 18.6 Å². The molecule has 1 heterocycles. The summed E-state index contributed by atoms with van der Waals surface area (Å²) in [7, 11) is 0. The third kappa shape index (κ3) is 3.09. The van der Waals surface area contributed by atoms with Crippen LogP contribution in [-0.4, -0.2) is 22.0 Å². The molecule has 0 aliphatic rings. The maximum absolute atomic E-state index is 10.3. The van der Waals surface area contributed by atoms with Crippen molar-refractivity contribution in [3.05, 3.63) is 29.0 Å². The number of aldehydes is 1. The lowest BCUT2D eigenvalue weighted by molar-refractivity contribution is -0.111. The lowest BCUT2D eigenvalue weighted by Crippen LogP contribution is -2.27. The molecule has 3 nitrogen and oxygen atoms in total. The molecule has 1 atom stereocenters. The van der Waals surface area contributed by atoms with E-state index in [1.54, 1.807) is 19.2 Å². The molecule has 1 aromatic rings. The van der Waals surface area contributed by atoms with Crippen molar-refractivity contribution in [1.82, 2.24) is 4.98 Å². The molecular weight excluding hydrogens is 202 g/mol. The lowest BCUT2D eigenvalue weighted by atomic mass is 9.94. The van der Waals surface area contributed by atoms with Gasteiger partial charge in [0.25, 0.3) is 0 Å². The van der Waals surface area contributed by atoms with Crippen LogP contribution < -0.4 is 0 Å². The highest BCUT2D eigenvalue weighted by atomic mass is 35.5. The number of halogens is 1. The molecule has 0 radical (unpaired) electrons. The van der Waals surface area contributed by atoms with Crippen molar-refractivity contribution < 1.29 is 9.90 Å². The molecule has 0 fully saturated rings. The van der Waals surface area contributed by atoms with Crippen LogP contribution >= 0.6 is 11.6 Å². The van der Waals surface area contributed by atoms with Crippen LogP contribution in [0.15, 0.2) is 18.5 Å². The zero-order chi connectivity index (χ0) is 10.6. The Bertz CT molecular complexity index is 326. The molecule has 1 rings (SSSR count). The first kappa shape index (κ1) is 11.1. The van der Waals surface area contributed by atoms with Crippen LogP contribution in [0.2, 0.25) is 5.02 Å². The zero-order valence-corrected chi connectivity index (χ0v) is 8.66. The van der Waals surface area contributed by atoms with Crippen molar-refractivity contribution in [2.45, 2.75) is 25.4 Å². The number of hydrogen-bond donors (Lipinski definition) is 1. The van der Waals surface area contributed by atoms with Crippen molar-refractivity contribution in [1.29, 1.82) is 0 Å². The smallest absolute Gasteiger partial charge is 0.122 e. The summed E-state index contributed by atoms with van der Waals surface area (Å²) in [4.78, 5) is 14.1. The molecule has 76 valence electrons. The van der Waals surface area contributed by atoms with Gasteiger partial charge in [-0.2, -0.15) is 0 Å². The standard InChI is InChI=1S/C10H12ClNO2/c1-10(14,3-5-13)6-8-2-4-12-7-9(8)11/h2,4-5,7,14H,3,6H2,1H3. The van der Waals surface area contributed by atoms with E-state index >= 15 is 0 Å². The average Bonchev–Trinajstić information content (AvgIpc) is 2.08. The minimum atomic E-state index is -1.03. The Morgan fingerprint density at radius 2 is 2.43 bits per heavy atom. The van der Waals surface area contributed by atoms with Gasteiger partial charge in [-0.15, -0.1) is 0 Å². The monoisotopic (exact) mass is 213 g/mol. The van der Waals surface area contributed by atoms with E-state index in [1.165, 1.54) is 6.20 Å². The first-order valence-corrected chi connectivity index (χ1v) is 4.67. The fraction of sp³-hybridized carbons (Fsp3) is 0.400. The highest BCUT2D eigenvalue weighted by molar-refractivity contribution is 6.31. The van der Waals surface area contributed by atoms with E-state index in [-0.39, 0.29) is 6.42 Å². The summed E-state index contributed by atoms with van der Waals surface area (Å²) in [6.07, 6.45) is 4.29. The summed E-state index contributed by atoms with van der Waals surface area (Å²) in [6.45, 7) is 1.61. The zero-order valence-electron chi connectivity index (χ0n) is 7.90. The number of nitrogens with zero attached hydrogens (tertiary/aromatic N) is 1. The average molecular weight is 214 g/mol. The Kier molecular flexibility index (Phi) is 3.61. The summed E-state index contributed by atoms with van der Waals surface area (Å²) in [6, 6.07) is 1.74. The molecule has 1 aromatic heterocycles. The second-order valence-corrected chi connectivity index (χ2v) is 3.92. The fourth-order valence-electron chi connectivity index (χ4n) is 1.21. The largest absolute Gasteiger partial charge is 0.389 e. The lowest BCUT2D eigenvalue weighted by Gasteiger charge is -2.20. The van der Waals surface area contributed by atoms with Gasteiger partial charge in [-0.3, -0.25) is 4.98 Å². The van der Waals surface area contributed by atoms with Gasteiger partial charge in [0, 0.05) is 25.2 Å². The molecule has 0 aliphatic carbocycles. The minimum Gasteiger partial charge on any atom is -0.389 e. The van der Waals surface area contributed by atoms with E-state index in [2.05, 4.69) is 4.98 Å². The minimum absolute atomic E-state index is 0.103. The summed E-state index contributed by atoms with van der Waals surface area (Å²) < 4.78 is 0. The van der Waals surface area contributed by atoms with Crippen LogP contribution in [0.1, 0.15) is 18.9 Å². The Morgan fingerprint density at radius 3 is 3.00 bits per heavy atom. The van der Waals surface area contributed by atoms with Gasteiger partial charge in [0.05, 0.1) is 10.6 Å². The molecule has 0 aliphatic heterocycles. The molecule has 1 unspecified atom stereocenters.